The summed E-state index contributed by atoms with van der Waals surface area (Å²) in [6, 6.07) is 0. The minimum atomic E-state index is -2.10. The van der Waals surface area contributed by atoms with Crippen LogP contribution in [0.4, 0.5) is 0 Å². The minimum absolute atomic E-state index is 0.00966. The highest BCUT2D eigenvalue weighted by molar-refractivity contribution is 6.74. The second-order valence-electron chi connectivity index (χ2n) is 7.16. The van der Waals surface area contributed by atoms with Crippen LogP contribution in [-0.2, 0) is 18.7 Å². The molecule has 1 heterocycles. The van der Waals surface area contributed by atoms with Gasteiger partial charge in [0.2, 0.25) is 0 Å². The number of carbonyl (C=O) groups excluding carboxylic acids is 1. The third-order valence-electron chi connectivity index (χ3n) is 4.56. The van der Waals surface area contributed by atoms with E-state index in [9.17, 15) is 9.90 Å². The van der Waals surface area contributed by atoms with Gasteiger partial charge in [-0.25, -0.2) is 4.79 Å². The molecular weight excluding hydrogens is 288 g/mol. The highest BCUT2D eigenvalue weighted by Gasteiger charge is 2.50. The molecule has 6 heteroatoms. The summed E-state index contributed by atoms with van der Waals surface area (Å²) in [5.74, 6) is -0.598. The second kappa shape index (κ2) is 6.77. The lowest BCUT2D eigenvalue weighted by molar-refractivity contribution is -0.177. The standard InChI is InChI=1S/C15H30O5Si/c1-7-19-13(16)15(17)9-11-18-10-8-12(15)20-21(5,6)14(2,3)4/h12,17H,7-11H2,1-6H3/t12-,15+/m1/s1. The maximum atomic E-state index is 12.2. The lowest BCUT2D eigenvalue weighted by atomic mass is 9.92. The van der Waals surface area contributed by atoms with Gasteiger partial charge in [0.05, 0.1) is 12.7 Å². The van der Waals surface area contributed by atoms with E-state index in [2.05, 4.69) is 33.9 Å². The Bertz CT molecular complexity index is 364. The molecule has 1 aliphatic rings. The van der Waals surface area contributed by atoms with E-state index in [4.69, 9.17) is 13.9 Å². The molecule has 0 aromatic heterocycles. The number of hydrogen-bond acceptors (Lipinski definition) is 5. The minimum Gasteiger partial charge on any atom is -0.464 e. The second-order valence-corrected chi connectivity index (χ2v) is 11.9. The summed E-state index contributed by atoms with van der Waals surface area (Å²) < 4.78 is 16.8. The van der Waals surface area contributed by atoms with E-state index in [1.807, 2.05) is 0 Å². The fraction of sp³-hybridized carbons (Fsp3) is 0.933. The zero-order chi connectivity index (χ0) is 16.3. The Kier molecular flexibility index (Phi) is 6.00. The van der Waals surface area contributed by atoms with Gasteiger partial charge in [0.1, 0.15) is 0 Å². The molecule has 5 nitrogen and oxygen atoms in total. The normalized spacial score (nSPS) is 28.0. The number of esters is 1. The van der Waals surface area contributed by atoms with Gasteiger partial charge in [0, 0.05) is 19.6 Å². The Labute approximate surface area is 129 Å². The average molecular weight is 318 g/mol. The summed E-state index contributed by atoms with van der Waals surface area (Å²) in [5, 5.41) is 10.9. The van der Waals surface area contributed by atoms with Crippen LogP contribution in [0.5, 0.6) is 0 Å². The van der Waals surface area contributed by atoms with Crippen LogP contribution in [0.15, 0.2) is 0 Å². The topological polar surface area (TPSA) is 65.0 Å². The molecule has 0 amide bonds. The smallest absolute Gasteiger partial charge is 0.340 e. The summed E-state index contributed by atoms with van der Waals surface area (Å²) in [6.07, 6.45) is 0.146. The van der Waals surface area contributed by atoms with Crippen molar-refractivity contribution in [2.45, 2.75) is 70.4 Å². The lowest BCUT2D eigenvalue weighted by Crippen LogP contribution is -2.56. The van der Waals surface area contributed by atoms with Gasteiger partial charge in [-0.1, -0.05) is 20.8 Å². The van der Waals surface area contributed by atoms with Crippen LogP contribution in [0.2, 0.25) is 18.1 Å². The average Bonchev–Trinajstić information content (AvgIpc) is 2.52. The molecule has 1 saturated heterocycles. The molecule has 2 atom stereocenters. The van der Waals surface area contributed by atoms with E-state index in [-0.39, 0.29) is 18.1 Å². The van der Waals surface area contributed by atoms with Gasteiger partial charge in [-0.05, 0) is 31.5 Å². The largest absolute Gasteiger partial charge is 0.464 e. The van der Waals surface area contributed by atoms with E-state index in [1.165, 1.54) is 0 Å². The molecule has 0 spiro atoms. The summed E-state index contributed by atoms with van der Waals surface area (Å²) in [5.41, 5.74) is -1.61. The zero-order valence-electron chi connectivity index (χ0n) is 14.2. The third-order valence-corrected chi connectivity index (χ3v) is 9.04. The fourth-order valence-corrected chi connectivity index (χ4v) is 3.48. The zero-order valence-corrected chi connectivity index (χ0v) is 15.2. The lowest BCUT2D eigenvalue weighted by Gasteiger charge is -2.42. The van der Waals surface area contributed by atoms with Crippen molar-refractivity contribution in [1.29, 1.82) is 0 Å². The highest BCUT2D eigenvalue weighted by atomic mass is 28.4. The molecule has 1 N–H and O–H groups in total. The predicted octanol–water partition coefficient (Wildman–Crippen LogP) is 2.48. The van der Waals surface area contributed by atoms with Gasteiger partial charge >= 0.3 is 5.97 Å². The van der Waals surface area contributed by atoms with Crippen LogP contribution in [0.3, 0.4) is 0 Å². The van der Waals surface area contributed by atoms with Crippen molar-refractivity contribution in [3.63, 3.8) is 0 Å². The molecule has 1 aliphatic heterocycles. The summed E-state index contributed by atoms with van der Waals surface area (Å²) in [6.45, 7) is 13.4. The van der Waals surface area contributed by atoms with Gasteiger partial charge < -0.3 is 19.0 Å². The van der Waals surface area contributed by atoms with Gasteiger partial charge in [0.15, 0.2) is 13.9 Å². The van der Waals surface area contributed by atoms with E-state index in [0.717, 1.165) is 0 Å². The maximum absolute atomic E-state index is 12.2. The van der Waals surface area contributed by atoms with E-state index >= 15 is 0 Å². The maximum Gasteiger partial charge on any atom is 0.340 e. The molecule has 0 aliphatic carbocycles. The van der Waals surface area contributed by atoms with Crippen LogP contribution in [0, 0.1) is 0 Å². The van der Waals surface area contributed by atoms with Crippen LogP contribution in [0.25, 0.3) is 0 Å². The van der Waals surface area contributed by atoms with E-state index in [0.29, 0.717) is 19.6 Å². The number of carbonyl (C=O) groups is 1. The number of aliphatic hydroxyl groups is 1. The molecule has 1 fully saturated rings. The molecule has 21 heavy (non-hydrogen) atoms. The third kappa shape index (κ3) is 4.28. The Morgan fingerprint density at radius 1 is 1.38 bits per heavy atom. The Balaban J connectivity index is 3.00. The monoisotopic (exact) mass is 318 g/mol. The van der Waals surface area contributed by atoms with E-state index < -0.39 is 26.0 Å². The molecule has 0 radical (unpaired) electrons. The molecule has 0 aromatic carbocycles. The first-order chi connectivity index (χ1) is 9.54. The number of hydrogen-bond donors (Lipinski definition) is 1. The Hall–Kier alpha value is -0.433. The first kappa shape index (κ1) is 18.6. The summed E-state index contributed by atoms with van der Waals surface area (Å²) >= 11 is 0. The molecular formula is C15H30O5Si. The number of ether oxygens (including phenoxy) is 2. The van der Waals surface area contributed by atoms with Gasteiger partial charge in [-0.15, -0.1) is 0 Å². The van der Waals surface area contributed by atoms with Crippen LogP contribution in [-0.4, -0.2) is 50.9 Å². The molecule has 0 unspecified atom stereocenters. The van der Waals surface area contributed by atoms with Crippen LogP contribution >= 0.6 is 0 Å². The summed E-state index contributed by atoms with van der Waals surface area (Å²) in [4.78, 5) is 12.2. The van der Waals surface area contributed by atoms with Gasteiger partial charge in [-0.3, -0.25) is 0 Å². The van der Waals surface area contributed by atoms with Crippen molar-refractivity contribution >= 4 is 14.3 Å². The molecule has 0 aromatic rings. The SMILES string of the molecule is CCOC(=O)[C@]1(O)CCOCC[C@H]1O[Si](C)(C)C(C)(C)C. The van der Waals surface area contributed by atoms with Crippen LogP contribution < -0.4 is 0 Å². The predicted molar refractivity (Wildman–Crippen MR) is 83.7 cm³/mol. The van der Waals surface area contributed by atoms with Crippen molar-refractivity contribution in [2.24, 2.45) is 0 Å². The Morgan fingerprint density at radius 2 is 2.00 bits per heavy atom. The van der Waals surface area contributed by atoms with Crippen molar-refractivity contribution < 1.29 is 23.8 Å². The molecule has 0 bridgehead atoms. The van der Waals surface area contributed by atoms with Gasteiger partial charge in [0.25, 0.3) is 0 Å². The quantitative estimate of drug-likeness (QED) is 0.637. The number of rotatable bonds is 4. The molecule has 1 rings (SSSR count). The highest BCUT2D eigenvalue weighted by Crippen LogP contribution is 2.40. The Morgan fingerprint density at radius 3 is 2.52 bits per heavy atom. The molecule has 0 saturated carbocycles. The van der Waals surface area contributed by atoms with Crippen LogP contribution in [0.1, 0.15) is 40.5 Å². The van der Waals surface area contributed by atoms with Crippen molar-refractivity contribution in [1.82, 2.24) is 0 Å². The van der Waals surface area contributed by atoms with Crippen molar-refractivity contribution in [3.8, 4) is 0 Å². The van der Waals surface area contributed by atoms with Gasteiger partial charge in [-0.2, -0.15) is 0 Å². The fourth-order valence-electron chi connectivity index (χ4n) is 2.10. The van der Waals surface area contributed by atoms with Crippen molar-refractivity contribution in [2.75, 3.05) is 19.8 Å². The van der Waals surface area contributed by atoms with Crippen molar-refractivity contribution in [3.05, 3.63) is 0 Å². The first-order valence-electron chi connectivity index (χ1n) is 7.70. The first-order valence-corrected chi connectivity index (χ1v) is 10.6. The van der Waals surface area contributed by atoms with E-state index in [1.54, 1.807) is 6.92 Å². The summed E-state index contributed by atoms with van der Waals surface area (Å²) in [7, 11) is -2.10. The molecule has 124 valence electrons.